The molecule has 0 saturated carbocycles. The Bertz CT molecular complexity index is 1640. The highest BCUT2D eigenvalue weighted by atomic mass is 16.7. The van der Waals surface area contributed by atoms with Crippen LogP contribution in [0.15, 0.2) is 79.4 Å². The summed E-state index contributed by atoms with van der Waals surface area (Å²) in [4.78, 5) is 40.8. The second-order valence-electron chi connectivity index (χ2n) is 10.5. The van der Waals surface area contributed by atoms with Gasteiger partial charge in [0, 0.05) is 56.3 Å². The van der Waals surface area contributed by atoms with Crippen molar-refractivity contribution in [2.45, 2.75) is 38.3 Å². The largest absolute Gasteiger partial charge is 0.346 e. The van der Waals surface area contributed by atoms with Gasteiger partial charge in [0.15, 0.2) is 0 Å². The van der Waals surface area contributed by atoms with Gasteiger partial charge in [0.25, 0.3) is 0 Å². The molecule has 2 fully saturated rings. The minimum Gasteiger partial charge on any atom is -0.343 e. The van der Waals surface area contributed by atoms with Crippen molar-refractivity contribution in [3.05, 3.63) is 96.1 Å². The molecule has 0 unspecified atom stereocenters. The number of benzene rings is 2. The average Bonchev–Trinajstić information content (AvgIpc) is 3.72. The van der Waals surface area contributed by atoms with Gasteiger partial charge >= 0.3 is 6.03 Å². The molecule has 4 heterocycles. The first-order valence-electron chi connectivity index (χ1n) is 14.3. The summed E-state index contributed by atoms with van der Waals surface area (Å²) < 4.78 is 1.94. The smallest absolute Gasteiger partial charge is 0.343 e. The van der Waals surface area contributed by atoms with E-state index in [1.54, 1.807) is 25.5 Å². The topological polar surface area (TPSA) is 118 Å². The van der Waals surface area contributed by atoms with Gasteiger partial charge in [0.2, 0.25) is 11.9 Å². The van der Waals surface area contributed by atoms with Crippen molar-refractivity contribution in [2.75, 3.05) is 30.3 Å². The fourth-order valence-electron chi connectivity index (χ4n) is 5.28. The summed E-state index contributed by atoms with van der Waals surface area (Å²) in [5.41, 5.74) is 3.85. The lowest BCUT2D eigenvalue weighted by molar-refractivity contribution is -0.130. The molecule has 2 N–H and O–H groups in total. The number of rotatable bonds is 5. The van der Waals surface area contributed by atoms with E-state index in [0.29, 0.717) is 23.8 Å². The van der Waals surface area contributed by atoms with Crippen LogP contribution >= 0.6 is 0 Å². The number of amides is 3. The Hall–Kier alpha value is -5.21. The first-order valence-corrected chi connectivity index (χ1v) is 14.3. The molecule has 11 heteroatoms. The Kier molecular flexibility index (Phi) is 8.28. The van der Waals surface area contributed by atoms with Crippen LogP contribution < -0.4 is 10.6 Å². The SMILES string of the molecule is CC(=O)N1CCC(n2cc(Nc3ncc(C#Cc4cccc(NC(=O)N5OCC[C@H]5c5ccccc5)c4)cn3)cn2)CC1. The number of nitrogens with zero attached hydrogens (tertiary/aromatic N) is 6. The van der Waals surface area contributed by atoms with Crippen LogP contribution in [0, 0.1) is 11.8 Å². The minimum absolute atomic E-state index is 0.120. The van der Waals surface area contributed by atoms with Gasteiger partial charge in [0.1, 0.15) is 0 Å². The molecule has 0 radical (unpaired) electrons. The van der Waals surface area contributed by atoms with E-state index in [1.807, 2.05) is 70.4 Å². The lowest BCUT2D eigenvalue weighted by Gasteiger charge is -2.31. The van der Waals surface area contributed by atoms with Gasteiger partial charge in [-0.15, -0.1) is 0 Å². The molecule has 4 aromatic rings. The summed E-state index contributed by atoms with van der Waals surface area (Å²) in [6, 6.07) is 17.0. The highest BCUT2D eigenvalue weighted by Gasteiger charge is 2.31. The maximum Gasteiger partial charge on any atom is 0.346 e. The van der Waals surface area contributed by atoms with Crippen LogP contribution in [-0.2, 0) is 9.63 Å². The van der Waals surface area contributed by atoms with E-state index in [0.717, 1.165) is 49.2 Å². The van der Waals surface area contributed by atoms with Crippen molar-refractivity contribution in [2.24, 2.45) is 0 Å². The van der Waals surface area contributed by atoms with Crippen molar-refractivity contribution in [1.82, 2.24) is 29.7 Å². The summed E-state index contributed by atoms with van der Waals surface area (Å²) in [5, 5.41) is 12.0. The Morgan fingerprint density at radius 1 is 0.907 bits per heavy atom. The van der Waals surface area contributed by atoms with Gasteiger partial charge < -0.3 is 15.5 Å². The Morgan fingerprint density at radius 2 is 1.67 bits per heavy atom. The van der Waals surface area contributed by atoms with E-state index >= 15 is 0 Å². The van der Waals surface area contributed by atoms with Gasteiger partial charge in [-0.05, 0) is 36.6 Å². The molecule has 2 aromatic heterocycles. The third-order valence-electron chi connectivity index (χ3n) is 7.55. The first-order chi connectivity index (χ1) is 21.0. The zero-order valence-corrected chi connectivity index (χ0v) is 23.8. The van der Waals surface area contributed by atoms with E-state index < -0.39 is 0 Å². The van der Waals surface area contributed by atoms with Crippen LogP contribution in [0.25, 0.3) is 0 Å². The van der Waals surface area contributed by atoms with E-state index in [4.69, 9.17) is 4.84 Å². The lowest BCUT2D eigenvalue weighted by atomic mass is 10.1. The number of carbonyl (C=O) groups excluding carboxylic acids is 2. The maximum absolute atomic E-state index is 13.0. The quantitative estimate of drug-likeness (QED) is 0.324. The molecule has 2 aliphatic rings. The van der Waals surface area contributed by atoms with Crippen LogP contribution in [0.2, 0.25) is 0 Å². The van der Waals surface area contributed by atoms with Crippen LogP contribution in [0.5, 0.6) is 0 Å². The number of anilines is 3. The van der Waals surface area contributed by atoms with Gasteiger partial charge in [-0.1, -0.05) is 48.2 Å². The number of aromatic nitrogens is 4. The number of piperidine rings is 1. The van der Waals surface area contributed by atoms with E-state index in [9.17, 15) is 9.59 Å². The number of hydroxylamine groups is 2. The number of hydrogen-bond donors (Lipinski definition) is 2. The van der Waals surface area contributed by atoms with Crippen LogP contribution in [0.1, 0.15) is 55.0 Å². The van der Waals surface area contributed by atoms with Crippen molar-refractivity contribution < 1.29 is 14.4 Å². The van der Waals surface area contributed by atoms with E-state index in [1.165, 1.54) is 5.06 Å². The van der Waals surface area contributed by atoms with E-state index in [2.05, 4.69) is 37.5 Å². The predicted octanol–water partition coefficient (Wildman–Crippen LogP) is 4.91. The van der Waals surface area contributed by atoms with Crippen molar-refractivity contribution in [3.8, 4) is 11.8 Å². The maximum atomic E-state index is 13.0. The molecule has 11 nitrogen and oxygen atoms in total. The summed E-state index contributed by atoms with van der Waals surface area (Å²) in [6.07, 6.45) is 9.50. The summed E-state index contributed by atoms with van der Waals surface area (Å²) in [7, 11) is 0. The summed E-state index contributed by atoms with van der Waals surface area (Å²) in [6.45, 7) is 3.59. The molecular weight excluding hydrogens is 544 g/mol. The van der Waals surface area contributed by atoms with Crippen molar-refractivity contribution in [3.63, 3.8) is 0 Å². The van der Waals surface area contributed by atoms with Crippen LogP contribution in [0.4, 0.5) is 22.1 Å². The Labute approximate surface area is 249 Å². The van der Waals surface area contributed by atoms with Gasteiger partial charge in [-0.2, -0.15) is 10.2 Å². The molecule has 3 amide bonds. The molecule has 2 aliphatic heterocycles. The Morgan fingerprint density at radius 3 is 2.44 bits per heavy atom. The fourth-order valence-corrected chi connectivity index (χ4v) is 5.28. The first kappa shape index (κ1) is 27.9. The highest BCUT2D eigenvalue weighted by Crippen LogP contribution is 2.30. The Balaban J connectivity index is 1.04. The van der Waals surface area contributed by atoms with Crippen molar-refractivity contribution >= 4 is 29.3 Å². The zero-order valence-electron chi connectivity index (χ0n) is 23.8. The molecule has 6 rings (SSSR count). The second kappa shape index (κ2) is 12.8. The summed E-state index contributed by atoms with van der Waals surface area (Å²) >= 11 is 0. The normalized spacial score (nSPS) is 16.8. The van der Waals surface area contributed by atoms with Crippen LogP contribution in [0.3, 0.4) is 0 Å². The molecule has 218 valence electrons. The molecule has 2 saturated heterocycles. The molecule has 0 bridgehead atoms. The highest BCUT2D eigenvalue weighted by molar-refractivity contribution is 5.89. The van der Waals surface area contributed by atoms with Gasteiger partial charge in [-0.3, -0.25) is 14.3 Å². The number of urea groups is 1. The van der Waals surface area contributed by atoms with Crippen LogP contribution in [-0.4, -0.2) is 61.3 Å². The minimum atomic E-state index is -0.322. The van der Waals surface area contributed by atoms with Crippen molar-refractivity contribution in [1.29, 1.82) is 0 Å². The number of nitrogens with one attached hydrogen (secondary N) is 2. The molecule has 0 aliphatic carbocycles. The summed E-state index contributed by atoms with van der Waals surface area (Å²) in [5.74, 6) is 6.76. The molecule has 2 aromatic carbocycles. The molecule has 0 spiro atoms. The number of carbonyl (C=O) groups is 2. The molecule has 1 atom stereocenters. The van der Waals surface area contributed by atoms with E-state index in [-0.39, 0.29) is 24.0 Å². The fraction of sp³-hybridized carbons (Fsp3) is 0.281. The third-order valence-corrected chi connectivity index (χ3v) is 7.55. The van der Waals surface area contributed by atoms with Gasteiger partial charge in [0.05, 0.1) is 36.1 Å². The number of likely N-dealkylation sites (tertiary alicyclic amines) is 1. The molecule has 43 heavy (non-hydrogen) atoms. The second-order valence-corrected chi connectivity index (χ2v) is 10.5. The lowest BCUT2D eigenvalue weighted by Crippen LogP contribution is -2.37. The van der Waals surface area contributed by atoms with Gasteiger partial charge in [-0.25, -0.2) is 14.8 Å². The third kappa shape index (κ3) is 6.82. The predicted molar refractivity (Wildman–Crippen MR) is 161 cm³/mol. The average molecular weight is 577 g/mol. The number of hydrogen-bond acceptors (Lipinski definition) is 7. The zero-order chi connectivity index (χ0) is 29.6. The molecular formula is C32H32N8O3. The standard InChI is InChI=1S/C32H32N8O3/c1-23(41)38-15-12-29(13-16-38)39-22-28(21-35-39)36-31-33-19-25(20-34-31)11-10-24-6-5-9-27(18-24)37-32(42)40-30(14-17-43-40)26-7-3-2-4-8-26/h2-9,18-22,29-30H,12-17H2,1H3,(H,37,42)(H,33,34,36)/t30-/m0/s1. The monoisotopic (exact) mass is 576 g/mol.